The summed E-state index contributed by atoms with van der Waals surface area (Å²) in [5.74, 6) is 1.60. The standard InChI is InChI=1S/C20H25N5O4/c26-9-6-21-20(27)22-15-3-1-14(2-4-15)18-23-17-5-10-29-13-16(17)19(24-18)25-7-11-28-12-8-25/h1-4,26H,5-13H2,(H2,21,22,27). The van der Waals surface area contributed by atoms with Crippen LogP contribution in [0.2, 0.25) is 0 Å². The lowest BCUT2D eigenvalue weighted by Gasteiger charge is -2.31. The van der Waals surface area contributed by atoms with Gasteiger partial charge < -0.3 is 30.1 Å². The van der Waals surface area contributed by atoms with Gasteiger partial charge in [0.05, 0.1) is 38.7 Å². The second-order valence-corrected chi connectivity index (χ2v) is 6.88. The van der Waals surface area contributed by atoms with Crippen LogP contribution in [0.1, 0.15) is 11.3 Å². The van der Waals surface area contributed by atoms with Gasteiger partial charge in [0.1, 0.15) is 5.82 Å². The van der Waals surface area contributed by atoms with Crippen LogP contribution in [-0.4, -0.2) is 67.2 Å². The van der Waals surface area contributed by atoms with Crippen LogP contribution in [0.15, 0.2) is 24.3 Å². The number of carbonyl (C=O) groups is 1. The number of benzene rings is 1. The van der Waals surface area contributed by atoms with Crippen LogP contribution in [0.5, 0.6) is 0 Å². The van der Waals surface area contributed by atoms with E-state index in [2.05, 4.69) is 15.5 Å². The molecule has 0 atom stereocenters. The molecule has 2 amide bonds. The Labute approximate surface area is 169 Å². The van der Waals surface area contributed by atoms with Crippen molar-refractivity contribution in [2.75, 3.05) is 56.3 Å². The number of aliphatic hydroxyl groups is 1. The van der Waals surface area contributed by atoms with Gasteiger partial charge in [0.2, 0.25) is 0 Å². The summed E-state index contributed by atoms with van der Waals surface area (Å²) in [6, 6.07) is 7.06. The highest BCUT2D eigenvalue weighted by molar-refractivity contribution is 5.89. The molecular formula is C20H25N5O4. The van der Waals surface area contributed by atoms with Crippen molar-refractivity contribution in [1.82, 2.24) is 15.3 Å². The topological polar surface area (TPSA) is 109 Å². The number of carbonyl (C=O) groups excluding carboxylic acids is 1. The zero-order valence-corrected chi connectivity index (χ0v) is 16.2. The Bertz CT molecular complexity index is 853. The van der Waals surface area contributed by atoms with Crippen molar-refractivity contribution in [3.63, 3.8) is 0 Å². The van der Waals surface area contributed by atoms with Gasteiger partial charge in [0, 0.05) is 42.9 Å². The Kier molecular flexibility index (Phi) is 6.18. The van der Waals surface area contributed by atoms with Crippen molar-refractivity contribution in [2.45, 2.75) is 13.0 Å². The molecule has 3 heterocycles. The quantitative estimate of drug-likeness (QED) is 0.692. The van der Waals surface area contributed by atoms with Gasteiger partial charge in [-0.2, -0.15) is 0 Å². The molecule has 1 aromatic heterocycles. The highest BCUT2D eigenvalue weighted by Gasteiger charge is 2.24. The molecule has 3 N–H and O–H groups in total. The van der Waals surface area contributed by atoms with Crippen LogP contribution in [-0.2, 0) is 22.5 Å². The number of amides is 2. The van der Waals surface area contributed by atoms with E-state index >= 15 is 0 Å². The zero-order chi connectivity index (χ0) is 20.1. The molecule has 2 aliphatic heterocycles. The maximum absolute atomic E-state index is 11.7. The number of urea groups is 1. The summed E-state index contributed by atoms with van der Waals surface area (Å²) >= 11 is 0. The fourth-order valence-corrected chi connectivity index (χ4v) is 3.43. The number of hydrogen-bond acceptors (Lipinski definition) is 7. The van der Waals surface area contributed by atoms with E-state index in [1.807, 2.05) is 24.3 Å². The highest BCUT2D eigenvalue weighted by atomic mass is 16.5. The van der Waals surface area contributed by atoms with Gasteiger partial charge in [-0.1, -0.05) is 0 Å². The zero-order valence-electron chi connectivity index (χ0n) is 16.2. The minimum atomic E-state index is -0.355. The summed E-state index contributed by atoms with van der Waals surface area (Å²) in [5.41, 5.74) is 3.65. The van der Waals surface area contributed by atoms with E-state index in [9.17, 15) is 4.79 Å². The first-order chi connectivity index (χ1) is 14.2. The third-order valence-electron chi connectivity index (χ3n) is 4.91. The molecule has 9 nitrogen and oxygen atoms in total. The van der Waals surface area contributed by atoms with Gasteiger partial charge in [-0.05, 0) is 24.3 Å². The second-order valence-electron chi connectivity index (χ2n) is 6.88. The van der Waals surface area contributed by atoms with Crippen molar-refractivity contribution in [3.05, 3.63) is 35.5 Å². The molecule has 2 aromatic rings. The van der Waals surface area contributed by atoms with E-state index in [4.69, 9.17) is 24.5 Å². The maximum atomic E-state index is 11.7. The fourth-order valence-electron chi connectivity index (χ4n) is 3.43. The summed E-state index contributed by atoms with van der Waals surface area (Å²) < 4.78 is 11.1. The molecule has 29 heavy (non-hydrogen) atoms. The predicted molar refractivity (Wildman–Crippen MR) is 108 cm³/mol. The van der Waals surface area contributed by atoms with Gasteiger partial charge in [-0.25, -0.2) is 14.8 Å². The summed E-state index contributed by atoms with van der Waals surface area (Å²) in [4.78, 5) is 23.6. The molecule has 0 radical (unpaired) electrons. The predicted octanol–water partition coefficient (Wildman–Crippen LogP) is 1.17. The third kappa shape index (κ3) is 4.64. The van der Waals surface area contributed by atoms with Gasteiger partial charge in [-0.15, -0.1) is 0 Å². The Morgan fingerprint density at radius 2 is 1.90 bits per heavy atom. The Balaban J connectivity index is 1.58. The van der Waals surface area contributed by atoms with Gasteiger partial charge >= 0.3 is 6.03 Å². The number of ether oxygens (including phenoxy) is 2. The number of hydrogen-bond donors (Lipinski definition) is 3. The van der Waals surface area contributed by atoms with Gasteiger partial charge in [0.25, 0.3) is 0 Å². The lowest BCUT2D eigenvalue weighted by atomic mass is 10.1. The minimum absolute atomic E-state index is 0.0987. The molecule has 1 saturated heterocycles. The summed E-state index contributed by atoms with van der Waals surface area (Å²) in [7, 11) is 0. The number of fused-ring (bicyclic) bond motifs is 1. The largest absolute Gasteiger partial charge is 0.395 e. The number of nitrogens with zero attached hydrogens (tertiary/aromatic N) is 3. The van der Waals surface area contributed by atoms with Crippen LogP contribution in [0.4, 0.5) is 16.3 Å². The van der Waals surface area contributed by atoms with Crippen LogP contribution < -0.4 is 15.5 Å². The van der Waals surface area contributed by atoms with Gasteiger partial charge in [0.15, 0.2) is 5.82 Å². The number of nitrogens with one attached hydrogen (secondary N) is 2. The SMILES string of the molecule is O=C(NCCO)Nc1ccc(-c2nc3c(c(N4CCOCC4)n2)COCC3)cc1. The van der Waals surface area contributed by atoms with E-state index in [1.54, 1.807) is 0 Å². The van der Waals surface area contributed by atoms with E-state index < -0.39 is 0 Å². The highest BCUT2D eigenvalue weighted by Crippen LogP contribution is 2.29. The smallest absolute Gasteiger partial charge is 0.319 e. The monoisotopic (exact) mass is 399 g/mol. The molecule has 4 rings (SSSR count). The molecular weight excluding hydrogens is 374 g/mol. The molecule has 0 spiro atoms. The van der Waals surface area contributed by atoms with Crippen LogP contribution in [0, 0.1) is 0 Å². The van der Waals surface area contributed by atoms with Crippen molar-refractivity contribution in [2.24, 2.45) is 0 Å². The first-order valence-electron chi connectivity index (χ1n) is 9.81. The lowest BCUT2D eigenvalue weighted by Crippen LogP contribution is -2.38. The second kappa shape index (κ2) is 9.17. The Hall–Kier alpha value is -2.75. The molecule has 0 bridgehead atoms. The number of anilines is 2. The van der Waals surface area contributed by atoms with Crippen molar-refractivity contribution in [3.8, 4) is 11.4 Å². The van der Waals surface area contributed by atoms with Crippen LogP contribution in [0.25, 0.3) is 11.4 Å². The molecule has 0 saturated carbocycles. The maximum Gasteiger partial charge on any atom is 0.319 e. The first-order valence-corrected chi connectivity index (χ1v) is 9.81. The summed E-state index contributed by atoms with van der Waals surface area (Å²) in [6.45, 7) is 4.29. The number of aromatic nitrogens is 2. The Morgan fingerprint density at radius 1 is 1.10 bits per heavy atom. The van der Waals surface area contributed by atoms with Crippen LogP contribution in [0.3, 0.4) is 0 Å². The number of rotatable bonds is 5. The average molecular weight is 399 g/mol. The first kappa shape index (κ1) is 19.6. The number of morpholine rings is 1. The molecule has 0 aliphatic carbocycles. The Morgan fingerprint density at radius 3 is 2.66 bits per heavy atom. The van der Waals surface area contributed by atoms with E-state index in [1.165, 1.54) is 0 Å². The molecule has 1 aromatic carbocycles. The van der Waals surface area contributed by atoms with Crippen molar-refractivity contribution < 1.29 is 19.4 Å². The molecule has 0 unspecified atom stereocenters. The third-order valence-corrected chi connectivity index (χ3v) is 4.91. The van der Waals surface area contributed by atoms with E-state index in [-0.39, 0.29) is 19.2 Å². The van der Waals surface area contributed by atoms with E-state index in [0.717, 1.165) is 42.1 Å². The van der Waals surface area contributed by atoms with Crippen molar-refractivity contribution in [1.29, 1.82) is 0 Å². The fraction of sp³-hybridized carbons (Fsp3) is 0.450. The average Bonchev–Trinajstić information content (AvgIpc) is 2.78. The summed E-state index contributed by atoms with van der Waals surface area (Å²) in [5, 5.41) is 14.1. The van der Waals surface area contributed by atoms with Crippen LogP contribution >= 0.6 is 0 Å². The minimum Gasteiger partial charge on any atom is -0.395 e. The van der Waals surface area contributed by atoms with E-state index in [0.29, 0.717) is 37.9 Å². The molecule has 9 heteroatoms. The normalized spacial score (nSPS) is 16.2. The molecule has 2 aliphatic rings. The summed E-state index contributed by atoms with van der Waals surface area (Å²) in [6.07, 6.45) is 0.771. The lowest BCUT2D eigenvalue weighted by molar-refractivity contribution is 0.107. The van der Waals surface area contributed by atoms with Crippen molar-refractivity contribution >= 4 is 17.5 Å². The van der Waals surface area contributed by atoms with Gasteiger partial charge in [-0.3, -0.25) is 0 Å². The number of aliphatic hydroxyl groups excluding tert-OH is 1. The molecule has 154 valence electrons. The molecule has 1 fully saturated rings.